The first-order chi connectivity index (χ1) is 7.22. The molecule has 1 atom stereocenters. The Balaban J connectivity index is 3.71. The van der Waals surface area contributed by atoms with Crippen molar-refractivity contribution in [3.8, 4) is 0 Å². The summed E-state index contributed by atoms with van der Waals surface area (Å²) in [6.07, 6.45) is 1.03. The van der Waals surface area contributed by atoms with Gasteiger partial charge in [-0.2, -0.15) is 0 Å². The summed E-state index contributed by atoms with van der Waals surface area (Å²) in [5.74, 6) is -1.78. The molecule has 0 saturated heterocycles. The maximum absolute atomic E-state index is 11.1. The number of carboxylic acid groups (broad SMARTS) is 1. The lowest BCUT2D eigenvalue weighted by Gasteiger charge is -2.07. The highest BCUT2D eigenvalue weighted by molar-refractivity contribution is 7.90. The fourth-order valence-corrected chi connectivity index (χ4v) is 1.41. The summed E-state index contributed by atoms with van der Waals surface area (Å²) in [6, 6.07) is -1.02. The van der Waals surface area contributed by atoms with Crippen molar-refractivity contribution >= 4 is 21.7 Å². The highest BCUT2D eigenvalue weighted by Crippen LogP contribution is 1.90. The van der Waals surface area contributed by atoms with Gasteiger partial charge in [0.05, 0.1) is 5.75 Å². The molecule has 4 N–H and O–H groups in total. The number of carbonyl (C=O) groups is 2. The number of carbonyl (C=O) groups excluding carboxylic acids is 1. The van der Waals surface area contributed by atoms with E-state index in [0.717, 1.165) is 6.26 Å². The second kappa shape index (κ2) is 6.44. The summed E-state index contributed by atoms with van der Waals surface area (Å²) >= 11 is 0. The third-order valence-corrected chi connectivity index (χ3v) is 2.74. The van der Waals surface area contributed by atoms with Gasteiger partial charge in [0, 0.05) is 19.2 Å². The third-order valence-electron chi connectivity index (χ3n) is 1.79. The fourth-order valence-electron chi connectivity index (χ4n) is 0.857. The maximum atomic E-state index is 11.1. The van der Waals surface area contributed by atoms with Gasteiger partial charge in [0.15, 0.2) is 0 Å². The Labute approximate surface area is 93.9 Å². The average molecular weight is 252 g/mol. The van der Waals surface area contributed by atoms with E-state index in [2.05, 4.69) is 5.32 Å². The van der Waals surface area contributed by atoms with Crippen LogP contribution >= 0.6 is 0 Å². The number of amides is 1. The second-order valence-electron chi connectivity index (χ2n) is 3.46. The molecule has 1 unspecified atom stereocenters. The number of sulfone groups is 1. The highest BCUT2D eigenvalue weighted by atomic mass is 32.2. The number of rotatable bonds is 7. The van der Waals surface area contributed by atoms with Gasteiger partial charge in [0.25, 0.3) is 0 Å². The Hall–Kier alpha value is -1.15. The van der Waals surface area contributed by atoms with Gasteiger partial charge in [0.2, 0.25) is 5.91 Å². The number of nitrogens with one attached hydrogen (secondary N) is 1. The van der Waals surface area contributed by atoms with Crippen molar-refractivity contribution in [2.45, 2.75) is 18.9 Å². The number of hydrogen-bond donors (Lipinski definition) is 3. The zero-order chi connectivity index (χ0) is 12.8. The summed E-state index contributed by atoms with van der Waals surface area (Å²) in [4.78, 5) is 21.4. The average Bonchev–Trinajstić information content (AvgIpc) is 2.13. The van der Waals surface area contributed by atoms with E-state index in [-0.39, 0.29) is 25.1 Å². The van der Waals surface area contributed by atoms with Crippen LogP contribution in [0.5, 0.6) is 0 Å². The van der Waals surface area contributed by atoms with Gasteiger partial charge >= 0.3 is 5.97 Å². The van der Waals surface area contributed by atoms with E-state index in [1.807, 2.05) is 0 Å². The van der Waals surface area contributed by atoms with E-state index in [0.29, 0.717) is 0 Å². The van der Waals surface area contributed by atoms with Crippen molar-refractivity contribution in [2.75, 3.05) is 18.6 Å². The minimum Gasteiger partial charge on any atom is -0.480 e. The van der Waals surface area contributed by atoms with Crippen molar-refractivity contribution in [1.29, 1.82) is 0 Å². The topological polar surface area (TPSA) is 127 Å². The predicted molar refractivity (Wildman–Crippen MR) is 57.6 cm³/mol. The lowest BCUT2D eigenvalue weighted by molar-refractivity contribution is -0.138. The van der Waals surface area contributed by atoms with Crippen LogP contribution in [0, 0.1) is 0 Å². The quantitative estimate of drug-likeness (QED) is 0.497. The Kier molecular flexibility index (Phi) is 5.97. The molecule has 0 spiro atoms. The standard InChI is InChI=1S/C8H16N2O5S/c1-16(14,15)5-3-7(11)10-4-2-6(9)8(12)13/h6H,2-5,9H2,1H3,(H,10,11)(H,12,13). The van der Waals surface area contributed by atoms with Gasteiger partial charge in [-0.05, 0) is 6.42 Å². The first-order valence-corrected chi connectivity index (χ1v) is 6.71. The predicted octanol–water partition coefficient (Wildman–Crippen LogP) is -1.66. The van der Waals surface area contributed by atoms with Gasteiger partial charge in [-0.25, -0.2) is 8.42 Å². The summed E-state index contributed by atoms with van der Waals surface area (Å²) < 4.78 is 21.5. The fraction of sp³-hybridized carbons (Fsp3) is 0.750. The minimum absolute atomic E-state index is 0.111. The van der Waals surface area contributed by atoms with Gasteiger partial charge < -0.3 is 16.2 Å². The minimum atomic E-state index is -3.15. The summed E-state index contributed by atoms with van der Waals surface area (Å²) in [6.45, 7) is 0.121. The van der Waals surface area contributed by atoms with E-state index >= 15 is 0 Å². The molecule has 94 valence electrons. The molecule has 7 nitrogen and oxygen atoms in total. The van der Waals surface area contributed by atoms with Crippen molar-refractivity contribution in [2.24, 2.45) is 5.73 Å². The number of carboxylic acids is 1. The lowest BCUT2D eigenvalue weighted by Crippen LogP contribution is -2.35. The first kappa shape index (κ1) is 14.8. The van der Waals surface area contributed by atoms with Crippen LogP contribution < -0.4 is 11.1 Å². The lowest BCUT2D eigenvalue weighted by atomic mass is 10.2. The zero-order valence-electron chi connectivity index (χ0n) is 8.97. The number of nitrogens with two attached hydrogens (primary N) is 1. The smallest absolute Gasteiger partial charge is 0.320 e. The Morgan fingerprint density at radius 1 is 1.44 bits per heavy atom. The van der Waals surface area contributed by atoms with Crippen LogP contribution in [0.1, 0.15) is 12.8 Å². The van der Waals surface area contributed by atoms with Crippen LogP contribution in [0.15, 0.2) is 0 Å². The van der Waals surface area contributed by atoms with Crippen LogP contribution in [0.2, 0.25) is 0 Å². The first-order valence-electron chi connectivity index (χ1n) is 4.65. The van der Waals surface area contributed by atoms with Crippen molar-refractivity contribution in [1.82, 2.24) is 5.32 Å². The normalized spacial score (nSPS) is 13.1. The number of aliphatic carboxylic acids is 1. The monoisotopic (exact) mass is 252 g/mol. The van der Waals surface area contributed by atoms with Gasteiger partial charge in [0.1, 0.15) is 15.9 Å². The summed E-state index contributed by atoms with van der Waals surface area (Å²) in [5.41, 5.74) is 5.20. The molecule has 0 heterocycles. The van der Waals surface area contributed by atoms with Gasteiger partial charge in [-0.15, -0.1) is 0 Å². The molecule has 0 radical (unpaired) electrons. The molecule has 16 heavy (non-hydrogen) atoms. The van der Waals surface area contributed by atoms with E-state index in [1.54, 1.807) is 0 Å². The molecule has 0 rings (SSSR count). The molecule has 0 aromatic carbocycles. The van der Waals surface area contributed by atoms with Gasteiger partial charge in [-0.1, -0.05) is 0 Å². The van der Waals surface area contributed by atoms with Crippen molar-refractivity contribution in [3.63, 3.8) is 0 Å². The molecule has 0 aromatic heterocycles. The second-order valence-corrected chi connectivity index (χ2v) is 5.72. The maximum Gasteiger partial charge on any atom is 0.320 e. The molecule has 0 bridgehead atoms. The van der Waals surface area contributed by atoms with E-state index < -0.39 is 27.8 Å². The third kappa shape index (κ3) is 8.18. The zero-order valence-corrected chi connectivity index (χ0v) is 9.79. The van der Waals surface area contributed by atoms with Crippen LogP contribution in [-0.2, 0) is 19.4 Å². The van der Waals surface area contributed by atoms with E-state index in [9.17, 15) is 18.0 Å². The Morgan fingerprint density at radius 2 is 2.00 bits per heavy atom. The molecular weight excluding hydrogens is 236 g/mol. The van der Waals surface area contributed by atoms with Crippen LogP contribution in [0.25, 0.3) is 0 Å². The van der Waals surface area contributed by atoms with Crippen molar-refractivity contribution in [3.05, 3.63) is 0 Å². The Bertz CT molecular complexity index is 351. The molecule has 8 heteroatoms. The van der Waals surface area contributed by atoms with Crippen LogP contribution in [-0.4, -0.2) is 50.0 Å². The molecule has 0 aliphatic rings. The molecule has 0 fully saturated rings. The Morgan fingerprint density at radius 3 is 2.44 bits per heavy atom. The van der Waals surface area contributed by atoms with Crippen LogP contribution in [0.3, 0.4) is 0 Å². The summed E-state index contributed by atoms with van der Waals surface area (Å²) in [5, 5.41) is 10.8. The molecular formula is C8H16N2O5S. The van der Waals surface area contributed by atoms with Crippen LogP contribution in [0.4, 0.5) is 0 Å². The number of hydrogen-bond acceptors (Lipinski definition) is 5. The van der Waals surface area contributed by atoms with Crippen molar-refractivity contribution < 1.29 is 23.1 Å². The molecule has 0 aromatic rings. The highest BCUT2D eigenvalue weighted by Gasteiger charge is 2.12. The van der Waals surface area contributed by atoms with E-state index in [4.69, 9.17) is 10.8 Å². The van der Waals surface area contributed by atoms with E-state index in [1.165, 1.54) is 0 Å². The molecule has 0 aliphatic heterocycles. The molecule has 1 amide bonds. The van der Waals surface area contributed by atoms with Gasteiger partial charge in [-0.3, -0.25) is 9.59 Å². The molecule has 0 aliphatic carbocycles. The largest absolute Gasteiger partial charge is 0.480 e. The summed E-state index contributed by atoms with van der Waals surface area (Å²) in [7, 11) is -3.15. The SMILES string of the molecule is CS(=O)(=O)CCC(=O)NCCC(N)C(=O)O. The molecule has 0 saturated carbocycles.